The van der Waals surface area contributed by atoms with Crippen molar-refractivity contribution in [2.45, 2.75) is 44.8 Å². The third kappa shape index (κ3) is 6.73. The molecule has 1 aliphatic heterocycles. The predicted octanol–water partition coefficient (Wildman–Crippen LogP) is 6.37. The molecule has 5 rings (SSSR count). The smallest absolute Gasteiger partial charge is 0.404 e. The number of hydrogen-bond donors (Lipinski definition) is 4. The lowest BCUT2D eigenvalue weighted by Gasteiger charge is -2.43. The van der Waals surface area contributed by atoms with E-state index in [2.05, 4.69) is 10.6 Å². The zero-order chi connectivity index (χ0) is 31.3. The van der Waals surface area contributed by atoms with Gasteiger partial charge >= 0.3 is 6.09 Å². The minimum absolute atomic E-state index is 0.0707. The summed E-state index contributed by atoms with van der Waals surface area (Å²) in [5.41, 5.74) is 4.13. The van der Waals surface area contributed by atoms with Crippen molar-refractivity contribution in [1.82, 2.24) is 20.5 Å². The number of nitrogens with zero attached hydrogens (tertiary/aromatic N) is 2. The van der Waals surface area contributed by atoms with Crippen molar-refractivity contribution < 1.29 is 19.8 Å². The van der Waals surface area contributed by atoms with Crippen LogP contribution in [-0.2, 0) is 12.1 Å². The van der Waals surface area contributed by atoms with Gasteiger partial charge in [-0.2, -0.15) is 0 Å². The van der Waals surface area contributed by atoms with Crippen LogP contribution in [0, 0.1) is 12.8 Å². The topological polar surface area (TPSA) is 115 Å². The van der Waals surface area contributed by atoms with Crippen molar-refractivity contribution >= 4 is 34.5 Å². The molecule has 8 nitrogen and oxygen atoms in total. The lowest BCUT2D eigenvalue weighted by molar-refractivity contribution is -0.0563. The molecule has 0 bridgehead atoms. The normalized spacial score (nSPS) is 16.5. The summed E-state index contributed by atoms with van der Waals surface area (Å²) in [5.74, 6) is -0.383. The van der Waals surface area contributed by atoms with Crippen LogP contribution in [0.15, 0.2) is 72.8 Å². The Bertz CT molecular complexity index is 1640. The number of amides is 2. The number of halogens is 1. The zero-order valence-electron chi connectivity index (χ0n) is 25.1. The summed E-state index contributed by atoms with van der Waals surface area (Å²) >= 11 is 6.89. The predicted molar refractivity (Wildman–Crippen MR) is 174 cm³/mol. The van der Waals surface area contributed by atoms with Gasteiger partial charge in [-0.15, -0.1) is 0 Å². The summed E-state index contributed by atoms with van der Waals surface area (Å²) in [5, 5.41) is 28.9. The van der Waals surface area contributed by atoms with Gasteiger partial charge in [0.1, 0.15) is 0 Å². The SMILES string of the molecule is CNCc1ccc(C(=O)N2CCCC(C(O)(CCCNC(=O)O)c3cccc(Cl)c3-c3ccc4cccc(C)c4n3)C2)cc1. The van der Waals surface area contributed by atoms with Crippen molar-refractivity contribution in [2.75, 3.05) is 26.7 Å². The summed E-state index contributed by atoms with van der Waals surface area (Å²) in [6.45, 7) is 3.88. The summed E-state index contributed by atoms with van der Waals surface area (Å²) < 4.78 is 0. The number of carbonyl (C=O) groups is 2. The molecule has 4 aromatic rings. The van der Waals surface area contributed by atoms with Crippen LogP contribution in [0.4, 0.5) is 4.79 Å². The largest absolute Gasteiger partial charge is 0.465 e. The van der Waals surface area contributed by atoms with Gasteiger partial charge in [-0.25, -0.2) is 9.78 Å². The number of benzene rings is 3. The number of aliphatic hydroxyl groups is 1. The number of para-hydroxylation sites is 1. The third-order valence-corrected chi connectivity index (χ3v) is 8.95. The molecule has 1 aromatic heterocycles. The van der Waals surface area contributed by atoms with Crippen molar-refractivity contribution in [3.05, 3.63) is 100 Å². The van der Waals surface area contributed by atoms with E-state index in [0.29, 0.717) is 53.3 Å². The van der Waals surface area contributed by atoms with E-state index in [9.17, 15) is 14.7 Å². The highest BCUT2D eigenvalue weighted by Crippen LogP contribution is 2.45. The van der Waals surface area contributed by atoms with Gasteiger partial charge < -0.3 is 25.7 Å². The number of carboxylic acid groups (broad SMARTS) is 1. The van der Waals surface area contributed by atoms with E-state index in [0.717, 1.165) is 35.0 Å². The van der Waals surface area contributed by atoms with Gasteiger partial charge in [0.25, 0.3) is 5.91 Å². The maximum absolute atomic E-state index is 13.6. The molecule has 2 unspecified atom stereocenters. The van der Waals surface area contributed by atoms with Gasteiger partial charge in [-0.05, 0) is 80.6 Å². The minimum Gasteiger partial charge on any atom is -0.465 e. The Morgan fingerprint density at radius 2 is 1.84 bits per heavy atom. The summed E-state index contributed by atoms with van der Waals surface area (Å²) in [6, 6.07) is 23.1. The Kier molecular flexibility index (Phi) is 9.84. The molecule has 1 aliphatic rings. The number of rotatable bonds is 10. The van der Waals surface area contributed by atoms with Crippen molar-refractivity contribution in [3.8, 4) is 11.3 Å². The van der Waals surface area contributed by atoms with E-state index in [4.69, 9.17) is 21.7 Å². The molecule has 0 saturated carbocycles. The standard InChI is InChI=1S/C35H39ClN4O4/c1-23-7-3-8-25-16-17-30(39-32(23)25)31-28(10-4-11-29(31)36)35(44,18-6-19-38-34(42)43)27-9-5-20-40(22-27)33(41)26-14-12-24(13-15-26)21-37-2/h3-4,7-8,10-17,27,37-38,44H,5-6,9,18-22H2,1-2H3,(H,42,43). The molecule has 0 radical (unpaired) electrons. The summed E-state index contributed by atoms with van der Waals surface area (Å²) in [4.78, 5) is 31.6. The van der Waals surface area contributed by atoms with Crippen LogP contribution >= 0.6 is 11.6 Å². The van der Waals surface area contributed by atoms with Crippen LogP contribution in [-0.4, -0.2) is 58.8 Å². The second-order valence-corrected chi connectivity index (χ2v) is 12.0. The quantitative estimate of drug-likeness (QED) is 0.154. The molecule has 230 valence electrons. The van der Waals surface area contributed by atoms with E-state index in [1.807, 2.05) is 85.6 Å². The number of nitrogens with one attached hydrogen (secondary N) is 2. The van der Waals surface area contributed by atoms with Crippen LogP contribution < -0.4 is 10.6 Å². The van der Waals surface area contributed by atoms with Gasteiger partial charge in [0.05, 0.1) is 21.8 Å². The first-order chi connectivity index (χ1) is 21.2. The molecular weight excluding hydrogens is 576 g/mol. The molecule has 1 fully saturated rings. The number of likely N-dealkylation sites (tertiary alicyclic amines) is 1. The maximum Gasteiger partial charge on any atom is 0.404 e. The number of piperidine rings is 1. The number of aromatic nitrogens is 1. The Hall–Kier alpha value is -3.98. The molecule has 9 heteroatoms. The first-order valence-electron chi connectivity index (χ1n) is 15.1. The molecule has 0 spiro atoms. The zero-order valence-corrected chi connectivity index (χ0v) is 25.9. The Labute approximate surface area is 263 Å². The molecular formula is C35H39ClN4O4. The second-order valence-electron chi connectivity index (χ2n) is 11.6. The lowest BCUT2D eigenvalue weighted by atomic mass is 9.72. The fourth-order valence-corrected chi connectivity index (χ4v) is 6.67. The molecule has 2 heterocycles. The highest BCUT2D eigenvalue weighted by atomic mass is 35.5. The van der Waals surface area contributed by atoms with E-state index in [1.54, 1.807) is 6.07 Å². The number of hydrogen-bond acceptors (Lipinski definition) is 5. The summed E-state index contributed by atoms with van der Waals surface area (Å²) in [7, 11) is 1.88. The van der Waals surface area contributed by atoms with Crippen LogP contribution in [0.5, 0.6) is 0 Å². The molecule has 2 atom stereocenters. The number of carbonyl (C=O) groups excluding carboxylic acids is 1. The fourth-order valence-electron chi connectivity index (χ4n) is 6.39. The highest BCUT2D eigenvalue weighted by Gasteiger charge is 2.43. The van der Waals surface area contributed by atoms with Crippen molar-refractivity contribution in [3.63, 3.8) is 0 Å². The van der Waals surface area contributed by atoms with Crippen molar-refractivity contribution in [2.24, 2.45) is 5.92 Å². The molecule has 1 saturated heterocycles. The third-order valence-electron chi connectivity index (χ3n) is 8.63. The van der Waals surface area contributed by atoms with Crippen LogP contribution in [0.2, 0.25) is 5.02 Å². The van der Waals surface area contributed by atoms with Crippen LogP contribution in [0.25, 0.3) is 22.2 Å². The molecule has 2 amide bonds. The number of pyridine rings is 1. The van der Waals surface area contributed by atoms with Crippen molar-refractivity contribution in [1.29, 1.82) is 0 Å². The molecule has 44 heavy (non-hydrogen) atoms. The van der Waals surface area contributed by atoms with Gasteiger partial charge in [0.2, 0.25) is 0 Å². The second kappa shape index (κ2) is 13.8. The van der Waals surface area contributed by atoms with E-state index >= 15 is 0 Å². The molecule has 4 N–H and O–H groups in total. The lowest BCUT2D eigenvalue weighted by Crippen LogP contribution is -2.48. The fraction of sp³-hybridized carbons (Fsp3) is 0.343. The summed E-state index contributed by atoms with van der Waals surface area (Å²) in [6.07, 6.45) is 0.995. The van der Waals surface area contributed by atoms with E-state index in [1.165, 1.54) is 0 Å². The van der Waals surface area contributed by atoms with Crippen LogP contribution in [0.1, 0.15) is 52.7 Å². The highest BCUT2D eigenvalue weighted by molar-refractivity contribution is 6.33. The Balaban J connectivity index is 1.52. The first-order valence-corrected chi connectivity index (χ1v) is 15.5. The average Bonchev–Trinajstić information content (AvgIpc) is 3.03. The maximum atomic E-state index is 13.6. The Morgan fingerprint density at radius 3 is 2.59 bits per heavy atom. The van der Waals surface area contributed by atoms with E-state index in [-0.39, 0.29) is 24.8 Å². The van der Waals surface area contributed by atoms with Gasteiger partial charge in [-0.3, -0.25) is 4.79 Å². The van der Waals surface area contributed by atoms with Crippen LogP contribution in [0.3, 0.4) is 0 Å². The first kappa shape index (κ1) is 31.4. The van der Waals surface area contributed by atoms with E-state index < -0.39 is 11.7 Å². The van der Waals surface area contributed by atoms with Gasteiger partial charge in [0.15, 0.2) is 0 Å². The number of fused-ring (bicyclic) bond motifs is 1. The molecule has 0 aliphatic carbocycles. The number of aryl methyl sites for hydroxylation is 1. The molecule has 3 aromatic carbocycles. The monoisotopic (exact) mass is 614 g/mol. The Morgan fingerprint density at radius 1 is 1.07 bits per heavy atom. The average molecular weight is 615 g/mol. The van der Waals surface area contributed by atoms with Gasteiger partial charge in [-0.1, -0.05) is 60.1 Å². The van der Waals surface area contributed by atoms with Gasteiger partial charge in [0, 0.05) is 48.6 Å². The minimum atomic E-state index is -1.40.